The fraction of sp³-hybridized carbons (Fsp3) is 0.368. The van der Waals surface area contributed by atoms with Crippen LogP contribution in [0.25, 0.3) is 0 Å². The molecule has 4 aliphatic rings. The second-order valence-corrected chi connectivity index (χ2v) is 15.4. The zero-order chi connectivity index (χ0) is 31.5. The molecule has 4 aromatic carbocycles. The van der Waals surface area contributed by atoms with Gasteiger partial charge in [-0.25, -0.2) is 9.34 Å². The van der Waals surface area contributed by atoms with Crippen LogP contribution in [0.1, 0.15) is 47.9 Å². The minimum Gasteiger partial charge on any atom is -0.377 e. The lowest BCUT2D eigenvalue weighted by Crippen LogP contribution is -2.40. The molecule has 0 radical (unpaired) electrons. The standard InChI is InChI=1S/C38H42N2O5P2/c1-5-15-31(16-6-1)37(32-17-7-2-8-18-32)35-23-13-25-39(35)46(44-37)42-29-27-41-28-30-43-47-40-26-14-24-36(40)38(45-47,33-19-9-3-10-20-33)34-21-11-4-12-22-34/h1-12,15-22,35-36H,13-14,23-30H2/t35-,36-,46?,47?/m0/s1. The number of rotatable bonds is 12. The monoisotopic (exact) mass is 668 g/mol. The quantitative estimate of drug-likeness (QED) is 0.111. The van der Waals surface area contributed by atoms with Crippen LogP contribution in [-0.2, 0) is 34.0 Å². The molecule has 244 valence electrons. The maximum Gasteiger partial charge on any atom is 0.260 e. The average molecular weight is 669 g/mol. The topological polar surface area (TPSA) is 52.6 Å². The summed E-state index contributed by atoms with van der Waals surface area (Å²) in [5.41, 5.74) is 3.67. The van der Waals surface area contributed by atoms with E-state index in [-0.39, 0.29) is 12.1 Å². The van der Waals surface area contributed by atoms with Crippen LogP contribution in [0.3, 0.4) is 0 Å². The maximum absolute atomic E-state index is 6.98. The van der Waals surface area contributed by atoms with Crippen molar-refractivity contribution < 1.29 is 22.8 Å². The molecule has 47 heavy (non-hydrogen) atoms. The molecule has 4 heterocycles. The Labute approximate surface area is 280 Å². The van der Waals surface area contributed by atoms with Gasteiger partial charge < -0.3 is 22.8 Å². The van der Waals surface area contributed by atoms with E-state index in [0.29, 0.717) is 26.4 Å². The number of fused-ring (bicyclic) bond motifs is 2. The Kier molecular flexibility index (Phi) is 9.53. The molecule has 4 aliphatic heterocycles. The van der Waals surface area contributed by atoms with Gasteiger partial charge in [-0.15, -0.1) is 0 Å². The predicted molar refractivity (Wildman–Crippen MR) is 186 cm³/mol. The van der Waals surface area contributed by atoms with E-state index in [1.54, 1.807) is 0 Å². The average Bonchev–Trinajstić information content (AvgIpc) is 3.93. The SMILES string of the molecule is c1ccc(C2(c3ccccc3)OP(OCCOCCOP3OC(c4ccccc4)(c4ccccc4)[C@@H]4CCCN43)N3CCC[C@H]32)cc1. The van der Waals surface area contributed by atoms with Crippen LogP contribution in [0.4, 0.5) is 0 Å². The molecule has 9 heteroatoms. The third-order valence-electron chi connectivity index (χ3n) is 9.92. The summed E-state index contributed by atoms with van der Waals surface area (Å²) in [7, 11) is -2.43. The highest BCUT2D eigenvalue weighted by atomic mass is 31.2. The van der Waals surface area contributed by atoms with Crippen LogP contribution in [0, 0.1) is 0 Å². The lowest BCUT2D eigenvalue weighted by molar-refractivity contribution is 0.0613. The summed E-state index contributed by atoms with van der Waals surface area (Å²) >= 11 is 0. The second kappa shape index (κ2) is 14.1. The van der Waals surface area contributed by atoms with E-state index in [2.05, 4.69) is 131 Å². The minimum atomic E-state index is -1.22. The predicted octanol–water partition coefficient (Wildman–Crippen LogP) is 8.37. The molecule has 0 aliphatic carbocycles. The number of benzene rings is 4. The van der Waals surface area contributed by atoms with E-state index in [1.807, 2.05) is 0 Å². The van der Waals surface area contributed by atoms with Gasteiger partial charge in [0, 0.05) is 13.1 Å². The van der Waals surface area contributed by atoms with Crippen molar-refractivity contribution in [2.75, 3.05) is 39.5 Å². The third-order valence-corrected chi connectivity index (χ3v) is 13.4. The molecule has 4 fully saturated rings. The van der Waals surface area contributed by atoms with Gasteiger partial charge in [0.2, 0.25) is 0 Å². The highest BCUT2D eigenvalue weighted by molar-refractivity contribution is 7.45. The summed E-state index contributed by atoms with van der Waals surface area (Å²) in [6, 6.07) is 43.1. The molecule has 0 aromatic heterocycles. The summed E-state index contributed by atoms with van der Waals surface area (Å²) in [5.74, 6) is 0. The first-order chi connectivity index (χ1) is 23.3. The van der Waals surface area contributed by atoms with Crippen LogP contribution < -0.4 is 0 Å². The summed E-state index contributed by atoms with van der Waals surface area (Å²) in [4.78, 5) is 0. The first-order valence-electron chi connectivity index (χ1n) is 16.9. The second-order valence-electron chi connectivity index (χ2n) is 12.5. The molecule has 0 N–H and O–H groups in total. The number of ether oxygens (including phenoxy) is 1. The normalized spacial score (nSPS) is 26.4. The van der Waals surface area contributed by atoms with E-state index >= 15 is 0 Å². The Bertz CT molecular complexity index is 1390. The van der Waals surface area contributed by atoms with Crippen molar-refractivity contribution in [2.45, 2.75) is 49.0 Å². The van der Waals surface area contributed by atoms with Gasteiger partial charge in [0.25, 0.3) is 17.1 Å². The zero-order valence-corrected chi connectivity index (χ0v) is 28.4. The molecule has 4 aromatic rings. The Balaban J connectivity index is 0.878. The van der Waals surface area contributed by atoms with E-state index in [0.717, 1.165) is 38.8 Å². The Morgan fingerprint density at radius 3 is 1.19 bits per heavy atom. The Hall–Kier alpha value is -2.54. The van der Waals surface area contributed by atoms with Gasteiger partial charge in [0.15, 0.2) is 0 Å². The van der Waals surface area contributed by atoms with Crippen molar-refractivity contribution >= 4 is 17.1 Å². The van der Waals surface area contributed by atoms with Crippen LogP contribution >= 0.6 is 17.1 Å². The largest absolute Gasteiger partial charge is 0.377 e. The van der Waals surface area contributed by atoms with Gasteiger partial charge >= 0.3 is 0 Å². The maximum atomic E-state index is 6.98. The van der Waals surface area contributed by atoms with Crippen molar-refractivity contribution in [2.24, 2.45) is 0 Å². The lowest BCUT2D eigenvalue weighted by atomic mass is 9.79. The molecule has 8 rings (SSSR count). The number of hydrogen-bond donors (Lipinski definition) is 0. The number of nitrogens with zero attached hydrogens (tertiary/aromatic N) is 2. The molecular formula is C38H42N2O5P2. The van der Waals surface area contributed by atoms with Crippen molar-refractivity contribution in [1.29, 1.82) is 0 Å². The zero-order valence-electron chi connectivity index (χ0n) is 26.6. The third kappa shape index (κ3) is 5.80. The molecule has 7 nitrogen and oxygen atoms in total. The van der Waals surface area contributed by atoms with E-state index in [1.165, 1.54) is 22.3 Å². The van der Waals surface area contributed by atoms with E-state index in [9.17, 15) is 0 Å². The first-order valence-corrected chi connectivity index (χ1v) is 19.1. The van der Waals surface area contributed by atoms with Crippen molar-refractivity contribution in [1.82, 2.24) is 9.34 Å². The van der Waals surface area contributed by atoms with Gasteiger partial charge in [0.05, 0.1) is 38.5 Å². The lowest BCUT2D eigenvalue weighted by Gasteiger charge is -2.34. The Morgan fingerprint density at radius 1 is 0.511 bits per heavy atom. The fourth-order valence-electron chi connectivity index (χ4n) is 7.90. The molecule has 0 bridgehead atoms. The van der Waals surface area contributed by atoms with Gasteiger partial charge in [-0.05, 0) is 47.9 Å². The van der Waals surface area contributed by atoms with Gasteiger partial charge in [-0.2, -0.15) is 0 Å². The van der Waals surface area contributed by atoms with Crippen LogP contribution in [0.2, 0.25) is 0 Å². The highest BCUT2D eigenvalue weighted by Crippen LogP contribution is 2.66. The molecular weight excluding hydrogens is 626 g/mol. The molecule has 2 unspecified atom stereocenters. The highest BCUT2D eigenvalue weighted by Gasteiger charge is 2.59. The van der Waals surface area contributed by atoms with Gasteiger partial charge in [0.1, 0.15) is 11.2 Å². The summed E-state index contributed by atoms with van der Waals surface area (Å²) in [6.07, 6.45) is 4.45. The fourth-order valence-corrected chi connectivity index (χ4v) is 11.8. The van der Waals surface area contributed by atoms with Crippen molar-refractivity contribution in [3.8, 4) is 0 Å². The van der Waals surface area contributed by atoms with E-state index in [4.69, 9.17) is 22.8 Å². The van der Waals surface area contributed by atoms with Crippen LogP contribution in [0.5, 0.6) is 0 Å². The van der Waals surface area contributed by atoms with E-state index < -0.39 is 28.3 Å². The molecule has 4 saturated heterocycles. The van der Waals surface area contributed by atoms with Crippen molar-refractivity contribution in [3.05, 3.63) is 144 Å². The van der Waals surface area contributed by atoms with Crippen LogP contribution in [-0.4, -0.2) is 60.9 Å². The molecule has 0 spiro atoms. The minimum absolute atomic E-state index is 0.245. The van der Waals surface area contributed by atoms with Crippen LogP contribution in [0.15, 0.2) is 121 Å². The molecule has 0 amide bonds. The summed E-state index contributed by atoms with van der Waals surface area (Å²) < 4.78 is 37.8. The number of hydrogen-bond acceptors (Lipinski definition) is 7. The van der Waals surface area contributed by atoms with Crippen molar-refractivity contribution in [3.63, 3.8) is 0 Å². The van der Waals surface area contributed by atoms with Gasteiger partial charge in [-0.3, -0.25) is 0 Å². The molecule has 0 saturated carbocycles. The molecule has 4 atom stereocenters. The smallest absolute Gasteiger partial charge is 0.260 e. The first kappa shape index (κ1) is 31.7. The summed E-state index contributed by atoms with van der Waals surface area (Å²) in [5, 5.41) is 0. The summed E-state index contributed by atoms with van der Waals surface area (Å²) in [6.45, 7) is 3.88. The van der Waals surface area contributed by atoms with Gasteiger partial charge in [-0.1, -0.05) is 121 Å². The Morgan fingerprint density at radius 2 is 0.851 bits per heavy atom.